The summed E-state index contributed by atoms with van der Waals surface area (Å²) in [5, 5.41) is 11.0. The molecule has 1 saturated heterocycles. The van der Waals surface area contributed by atoms with Gasteiger partial charge in [0.15, 0.2) is 0 Å². The van der Waals surface area contributed by atoms with Crippen LogP contribution in [0.4, 0.5) is 0 Å². The van der Waals surface area contributed by atoms with Crippen LogP contribution in [0.5, 0.6) is 5.75 Å². The van der Waals surface area contributed by atoms with E-state index in [1.807, 2.05) is 29.3 Å². The van der Waals surface area contributed by atoms with E-state index in [1.54, 1.807) is 0 Å². The van der Waals surface area contributed by atoms with Crippen LogP contribution < -0.4 is 15.4 Å². The minimum Gasteiger partial charge on any atom is -0.487 e. The molecule has 118 valence electrons. The van der Waals surface area contributed by atoms with Crippen LogP contribution in [0, 0.1) is 0 Å². The second-order valence-corrected chi connectivity index (χ2v) is 5.52. The molecule has 22 heavy (non-hydrogen) atoms. The second-order valence-electron chi connectivity index (χ2n) is 5.52. The molecular weight excluding hydrogens is 278 g/mol. The molecule has 2 aromatic rings. The standard InChI is InChI=1S/C16H23N5O/c1-2-21-12-13(8-20-21)7-19-9-14-3-5-18-11-16(14)22-15-4-6-17-10-15/h3,5,8,11-12,15,17,19H,2,4,6-7,9-10H2,1H3/t15-/m0/s1. The monoisotopic (exact) mass is 301 g/mol. The molecule has 0 saturated carbocycles. The van der Waals surface area contributed by atoms with Gasteiger partial charge in [0.1, 0.15) is 11.9 Å². The number of aryl methyl sites for hydroxylation is 1. The van der Waals surface area contributed by atoms with Crippen LogP contribution in [0.3, 0.4) is 0 Å². The molecule has 0 amide bonds. The summed E-state index contributed by atoms with van der Waals surface area (Å²) >= 11 is 0. The van der Waals surface area contributed by atoms with Crippen molar-refractivity contribution in [3.8, 4) is 5.75 Å². The van der Waals surface area contributed by atoms with Gasteiger partial charge >= 0.3 is 0 Å². The third-order valence-electron chi connectivity index (χ3n) is 3.83. The van der Waals surface area contributed by atoms with Crippen LogP contribution >= 0.6 is 0 Å². The van der Waals surface area contributed by atoms with Crippen LogP contribution in [0.25, 0.3) is 0 Å². The van der Waals surface area contributed by atoms with E-state index in [0.717, 1.165) is 50.5 Å². The Balaban J connectivity index is 1.55. The number of aromatic nitrogens is 3. The summed E-state index contributed by atoms with van der Waals surface area (Å²) in [5.41, 5.74) is 2.34. The first-order valence-corrected chi connectivity index (χ1v) is 7.87. The van der Waals surface area contributed by atoms with E-state index in [1.165, 1.54) is 5.56 Å². The van der Waals surface area contributed by atoms with Gasteiger partial charge in [-0.25, -0.2) is 0 Å². The predicted octanol–water partition coefficient (Wildman–Crippen LogP) is 1.33. The molecular formula is C16H23N5O. The van der Waals surface area contributed by atoms with E-state index < -0.39 is 0 Å². The highest BCUT2D eigenvalue weighted by molar-refractivity contribution is 5.30. The smallest absolute Gasteiger partial charge is 0.142 e. The van der Waals surface area contributed by atoms with E-state index in [9.17, 15) is 0 Å². The highest BCUT2D eigenvalue weighted by Crippen LogP contribution is 2.19. The van der Waals surface area contributed by atoms with Crippen molar-refractivity contribution in [2.24, 2.45) is 0 Å². The Morgan fingerprint density at radius 3 is 3.14 bits per heavy atom. The molecule has 0 aliphatic carbocycles. The Kier molecular flexibility index (Phi) is 5.03. The topological polar surface area (TPSA) is 64.0 Å². The van der Waals surface area contributed by atoms with Crippen LogP contribution in [-0.2, 0) is 19.6 Å². The lowest BCUT2D eigenvalue weighted by molar-refractivity contribution is 0.219. The van der Waals surface area contributed by atoms with Gasteiger partial charge in [0, 0.05) is 49.7 Å². The lowest BCUT2D eigenvalue weighted by Gasteiger charge is -2.15. The summed E-state index contributed by atoms with van der Waals surface area (Å²) in [6.45, 7) is 6.49. The molecule has 6 heteroatoms. The zero-order valence-corrected chi connectivity index (χ0v) is 13.0. The summed E-state index contributed by atoms with van der Waals surface area (Å²) in [4.78, 5) is 4.18. The molecule has 0 unspecified atom stereocenters. The van der Waals surface area contributed by atoms with Crippen molar-refractivity contribution in [2.45, 2.75) is 39.1 Å². The zero-order valence-electron chi connectivity index (χ0n) is 13.0. The minimum atomic E-state index is 0.255. The summed E-state index contributed by atoms with van der Waals surface area (Å²) in [6, 6.07) is 2.01. The molecule has 3 heterocycles. The number of pyridine rings is 1. The fourth-order valence-corrected chi connectivity index (χ4v) is 2.58. The van der Waals surface area contributed by atoms with Crippen LogP contribution in [0.1, 0.15) is 24.5 Å². The van der Waals surface area contributed by atoms with Crippen molar-refractivity contribution >= 4 is 0 Å². The molecule has 0 spiro atoms. The lowest BCUT2D eigenvalue weighted by atomic mass is 10.2. The number of nitrogens with one attached hydrogen (secondary N) is 2. The molecule has 2 N–H and O–H groups in total. The first kappa shape index (κ1) is 15.0. The van der Waals surface area contributed by atoms with Crippen LogP contribution in [0.15, 0.2) is 30.9 Å². The van der Waals surface area contributed by atoms with Gasteiger partial charge in [-0.1, -0.05) is 0 Å². The highest BCUT2D eigenvalue weighted by Gasteiger charge is 2.17. The molecule has 1 atom stereocenters. The van der Waals surface area contributed by atoms with Gasteiger partial charge in [0.2, 0.25) is 0 Å². The molecule has 2 aromatic heterocycles. The lowest BCUT2D eigenvalue weighted by Crippen LogP contribution is -2.21. The maximum Gasteiger partial charge on any atom is 0.142 e. The molecule has 0 aromatic carbocycles. The molecule has 1 fully saturated rings. The molecule has 1 aliphatic rings. The normalized spacial score (nSPS) is 17.8. The van der Waals surface area contributed by atoms with Crippen molar-refractivity contribution in [1.29, 1.82) is 0 Å². The predicted molar refractivity (Wildman–Crippen MR) is 84.6 cm³/mol. The number of ether oxygens (including phenoxy) is 1. The van der Waals surface area contributed by atoms with E-state index >= 15 is 0 Å². The molecule has 0 bridgehead atoms. The van der Waals surface area contributed by atoms with Gasteiger partial charge in [-0.3, -0.25) is 9.67 Å². The van der Waals surface area contributed by atoms with E-state index in [-0.39, 0.29) is 6.10 Å². The fraction of sp³-hybridized carbons (Fsp3) is 0.500. The quantitative estimate of drug-likeness (QED) is 0.808. The molecule has 0 radical (unpaired) electrons. The first-order chi connectivity index (χ1) is 10.8. The van der Waals surface area contributed by atoms with E-state index in [4.69, 9.17) is 4.74 Å². The maximum absolute atomic E-state index is 6.05. The Hall–Kier alpha value is -1.92. The Morgan fingerprint density at radius 1 is 1.41 bits per heavy atom. The SMILES string of the molecule is CCn1cc(CNCc2ccncc2O[C@H]2CCNC2)cn1. The third-order valence-corrected chi connectivity index (χ3v) is 3.83. The van der Waals surface area contributed by atoms with Gasteiger partial charge in [0.05, 0.1) is 12.4 Å². The number of hydrogen-bond acceptors (Lipinski definition) is 5. The van der Waals surface area contributed by atoms with Crippen molar-refractivity contribution in [1.82, 2.24) is 25.4 Å². The van der Waals surface area contributed by atoms with Gasteiger partial charge in [0.25, 0.3) is 0 Å². The van der Waals surface area contributed by atoms with Gasteiger partial charge in [-0.15, -0.1) is 0 Å². The fourth-order valence-electron chi connectivity index (χ4n) is 2.58. The zero-order chi connectivity index (χ0) is 15.2. The van der Waals surface area contributed by atoms with Crippen LogP contribution in [-0.4, -0.2) is 34.0 Å². The van der Waals surface area contributed by atoms with E-state index in [2.05, 4.69) is 33.8 Å². The summed E-state index contributed by atoms with van der Waals surface area (Å²) < 4.78 is 7.98. The second kappa shape index (κ2) is 7.38. The molecule has 6 nitrogen and oxygen atoms in total. The van der Waals surface area contributed by atoms with Crippen LogP contribution in [0.2, 0.25) is 0 Å². The Labute approximate surface area is 130 Å². The Bertz CT molecular complexity index is 592. The average molecular weight is 301 g/mol. The van der Waals surface area contributed by atoms with Gasteiger partial charge in [-0.2, -0.15) is 5.10 Å². The highest BCUT2D eigenvalue weighted by atomic mass is 16.5. The van der Waals surface area contributed by atoms with Crippen molar-refractivity contribution in [2.75, 3.05) is 13.1 Å². The van der Waals surface area contributed by atoms with Crippen molar-refractivity contribution in [3.05, 3.63) is 42.0 Å². The average Bonchev–Trinajstić information content (AvgIpc) is 3.20. The first-order valence-electron chi connectivity index (χ1n) is 7.87. The molecule has 3 rings (SSSR count). The van der Waals surface area contributed by atoms with Gasteiger partial charge in [-0.05, 0) is 26.0 Å². The number of rotatable bonds is 7. The summed E-state index contributed by atoms with van der Waals surface area (Å²) in [6.07, 6.45) is 8.91. The van der Waals surface area contributed by atoms with Crippen molar-refractivity contribution in [3.63, 3.8) is 0 Å². The number of hydrogen-bond donors (Lipinski definition) is 2. The Morgan fingerprint density at radius 2 is 2.36 bits per heavy atom. The third kappa shape index (κ3) is 3.84. The minimum absolute atomic E-state index is 0.255. The number of nitrogens with zero attached hydrogens (tertiary/aromatic N) is 3. The summed E-state index contributed by atoms with van der Waals surface area (Å²) in [7, 11) is 0. The molecule has 1 aliphatic heterocycles. The van der Waals surface area contributed by atoms with Crippen molar-refractivity contribution < 1.29 is 4.74 Å². The van der Waals surface area contributed by atoms with E-state index in [0.29, 0.717) is 0 Å². The largest absolute Gasteiger partial charge is 0.487 e. The summed E-state index contributed by atoms with van der Waals surface area (Å²) in [5.74, 6) is 0.882. The van der Waals surface area contributed by atoms with Gasteiger partial charge < -0.3 is 15.4 Å². The maximum atomic E-state index is 6.05.